The van der Waals surface area contributed by atoms with E-state index in [2.05, 4.69) is 0 Å². The quantitative estimate of drug-likeness (QED) is 0.866. The smallest absolute Gasteiger partial charge is 0.179 e. The molecule has 2 nitrogen and oxygen atoms in total. The molecular formula is C12H13BrClNO. The number of carbonyl (C=O) groups excluding carboxylic acids is 1. The fraction of sp³-hybridized carbons (Fsp3) is 0.250. The summed E-state index contributed by atoms with van der Waals surface area (Å²) < 4.78 is 0. The van der Waals surface area contributed by atoms with E-state index in [4.69, 9.17) is 17.3 Å². The van der Waals surface area contributed by atoms with E-state index < -0.39 is 5.54 Å². The summed E-state index contributed by atoms with van der Waals surface area (Å²) in [6, 6.07) is 7.26. The molecule has 0 saturated heterocycles. The lowest BCUT2D eigenvalue weighted by molar-refractivity contribution is -0.120. The molecule has 4 heteroatoms. The van der Waals surface area contributed by atoms with Crippen LogP contribution < -0.4 is 5.73 Å². The zero-order chi connectivity index (χ0) is 10.9. The van der Waals surface area contributed by atoms with Crippen LogP contribution in [0.1, 0.15) is 18.4 Å². The Morgan fingerprint density at radius 2 is 2.00 bits per heavy atom. The second-order valence-corrected chi connectivity index (χ2v) is 4.16. The zero-order valence-electron chi connectivity index (χ0n) is 8.65. The van der Waals surface area contributed by atoms with Crippen molar-refractivity contribution in [1.29, 1.82) is 0 Å². The van der Waals surface area contributed by atoms with E-state index in [0.29, 0.717) is 11.4 Å². The highest BCUT2D eigenvalue weighted by Crippen LogP contribution is 2.33. The number of ketones is 1. The summed E-state index contributed by atoms with van der Waals surface area (Å²) in [6.07, 6.45) is 4.83. The molecule has 0 fully saturated rings. The van der Waals surface area contributed by atoms with Gasteiger partial charge >= 0.3 is 0 Å². The number of rotatable bonds is 1. The third-order valence-electron chi connectivity index (χ3n) is 2.77. The van der Waals surface area contributed by atoms with Crippen LogP contribution in [0.4, 0.5) is 0 Å². The van der Waals surface area contributed by atoms with E-state index in [9.17, 15) is 4.79 Å². The van der Waals surface area contributed by atoms with Crippen molar-refractivity contribution in [3.8, 4) is 0 Å². The second-order valence-electron chi connectivity index (χ2n) is 3.76. The molecule has 0 aromatic heterocycles. The Hall–Kier alpha value is -0.640. The minimum absolute atomic E-state index is 0. The highest BCUT2D eigenvalue weighted by molar-refractivity contribution is 8.93. The minimum atomic E-state index is -0.937. The van der Waals surface area contributed by atoms with Crippen LogP contribution in [-0.2, 0) is 10.3 Å². The largest absolute Gasteiger partial charge is 0.315 e. The predicted molar refractivity (Wildman–Crippen MR) is 71.0 cm³/mol. The van der Waals surface area contributed by atoms with Gasteiger partial charge in [-0.05, 0) is 30.5 Å². The molecule has 1 atom stereocenters. The van der Waals surface area contributed by atoms with Crippen LogP contribution in [0.5, 0.6) is 0 Å². The summed E-state index contributed by atoms with van der Waals surface area (Å²) >= 11 is 6.06. The number of benzene rings is 1. The van der Waals surface area contributed by atoms with Crippen molar-refractivity contribution >= 4 is 34.4 Å². The van der Waals surface area contributed by atoms with Crippen molar-refractivity contribution in [3.63, 3.8) is 0 Å². The van der Waals surface area contributed by atoms with Gasteiger partial charge in [0.15, 0.2) is 5.78 Å². The second kappa shape index (κ2) is 5.13. The first-order valence-corrected chi connectivity index (χ1v) is 5.27. The average Bonchev–Trinajstić information content (AvgIpc) is 2.23. The Morgan fingerprint density at radius 3 is 2.62 bits per heavy atom. The van der Waals surface area contributed by atoms with Gasteiger partial charge in [-0.25, -0.2) is 0 Å². The van der Waals surface area contributed by atoms with Crippen molar-refractivity contribution in [3.05, 3.63) is 47.0 Å². The van der Waals surface area contributed by atoms with Gasteiger partial charge in [-0.1, -0.05) is 35.9 Å². The summed E-state index contributed by atoms with van der Waals surface area (Å²) in [5, 5.41) is 0.559. The first-order chi connectivity index (χ1) is 7.14. The lowest BCUT2D eigenvalue weighted by atomic mass is 9.79. The van der Waals surface area contributed by atoms with E-state index in [-0.39, 0.29) is 22.8 Å². The van der Waals surface area contributed by atoms with Crippen LogP contribution in [0, 0.1) is 0 Å². The van der Waals surface area contributed by atoms with E-state index in [1.54, 1.807) is 12.1 Å². The van der Waals surface area contributed by atoms with Crippen LogP contribution >= 0.6 is 28.6 Å². The maximum Gasteiger partial charge on any atom is 0.179 e. The Kier molecular flexibility index (Phi) is 4.30. The summed E-state index contributed by atoms with van der Waals surface area (Å²) in [6.45, 7) is 0. The maximum atomic E-state index is 11.8. The first-order valence-electron chi connectivity index (χ1n) is 4.89. The molecular weight excluding hydrogens is 289 g/mol. The SMILES string of the molecule is Br.NC1(c2ccccc2Cl)CCC=CC1=O. The van der Waals surface area contributed by atoms with Gasteiger partial charge in [-0.3, -0.25) is 4.79 Å². The van der Waals surface area contributed by atoms with Gasteiger partial charge in [-0.15, -0.1) is 17.0 Å². The van der Waals surface area contributed by atoms with Crippen molar-refractivity contribution in [1.82, 2.24) is 0 Å². The molecule has 16 heavy (non-hydrogen) atoms. The van der Waals surface area contributed by atoms with Crippen LogP contribution in [0.2, 0.25) is 5.02 Å². The number of halogens is 2. The van der Waals surface area contributed by atoms with Crippen LogP contribution in [0.3, 0.4) is 0 Å². The van der Waals surface area contributed by atoms with Crippen molar-refractivity contribution < 1.29 is 4.79 Å². The van der Waals surface area contributed by atoms with E-state index >= 15 is 0 Å². The lowest BCUT2D eigenvalue weighted by Gasteiger charge is -2.30. The average molecular weight is 303 g/mol. The maximum absolute atomic E-state index is 11.8. The molecule has 0 aliphatic heterocycles. The summed E-state index contributed by atoms with van der Waals surface area (Å²) in [4.78, 5) is 11.8. The molecule has 0 saturated carbocycles. The standard InChI is InChI=1S/C12H12ClNO.BrH/c13-10-6-2-1-5-9(10)12(14)8-4-3-7-11(12)15;/h1-3,5-7H,4,8,14H2;1H. The van der Waals surface area contributed by atoms with Gasteiger partial charge < -0.3 is 5.73 Å². The minimum Gasteiger partial charge on any atom is -0.315 e. The number of hydrogen-bond donors (Lipinski definition) is 1. The van der Waals surface area contributed by atoms with Gasteiger partial charge in [0.25, 0.3) is 0 Å². The van der Waals surface area contributed by atoms with Gasteiger partial charge in [0, 0.05) is 5.02 Å². The highest BCUT2D eigenvalue weighted by atomic mass is 79.9. The molecule has 1 aromatic rings. The summed E-state index contributed by atoms with van der Waals surface area (Å²) in [5.41, 5.74) is 5.93. The fourth-order valence-corrected chi connectivity index (χ4v) is 2.17. The van der Waals surface area contributed by atoms with Crippen molar-refractivity contribution in [2.24, 2.45) is 5.73 Å². The Bertz CT molecular complexity index is 433. The Balaban J connectivity index is 0.00000128. The molecule has 2 rings (SSSR count). The van der Waals surface area contributed by atoms with E-state index in [0.717, 1.165) is 12.0 Å². The number of nitrogens with two attached hydrogens (primary N) is 1. The monoisotopic (exact) mass is 301 g/mol. The molecule has 0 radical (unpaired) electrons. The summed E-state index contributed by atoms with van der Waals surface area (Å²) in [7, 11) is 0. The number of allylic oxidation sites excluding steroid dienone is 1. The predicted octanol–water partition coefficient (Wildman–Crippen LogP) is 2.99. The van der Waals surface area contributed by atoms with Crippen molar-refractivity contribution in [2.75, 3.05) is 0 Å². The number of hydrogen-bond acceptors (Lipinski definition) is 2. The van der Waals surface area contributed by atoms with Crippen LogP contribution in [0.25, 0.3) is 0 Å². The first kappa shape index (κ1) is 13.4. The molecule has 0 heterocycles. The molecule has 0 amide bonds. The zero-order valence-corrected chi connectivity index (χ0v) is 11.1. The molecule has 2 N–H and O–H groups in total. The van der Waals surface area contributed by atoms with Gasteiger partial charge in [0.1, 0.15) is 5.54 Å². The molecule has 1 aromatic carbocycles. The molecule has 86 valence electrons. The van der Waals surface area contributed by atoms with Crippen molar-refractivity contribution in [2.45, 2.75) is 18.4 Å². The van der Waals surface area contributed by atoms with E-state index in [1.807, 2.05) is 24.3 Å². The molecule has 0 bridgehead atoms. The normalized spacial score (nSPS) is 24.0. The number of carbonyl (C=O) groups is 1. The van der Waals surface area contributed by atoms with E-state index in [1.165, 1.54) is 0 Å². The third kappa shape index (κ3) is 2.21. The van der Waals surface area contributed by atoms with Crippen LogP contribution in [0.15, 0.2) is 36.4 Å². The molecule has 1 aliphatic carbocycles. The summed E-state index contributed by atoms with van der Waals surface area (Å²) in [5.74, 6) is -0.0677. The molecule has 0 spiro atoms. The fourth-order valence-electron chi connectivity index (χ4n) is 1.86. The Labute approximate surface area is 110 Å². The van der Waals surface area contributed by atoms with Gasteiger partial charge in [-0.2, -0.15) is 0 Å². The van der Waals surface area contributed by atoms with Crippen LogP contribution in [-0.4, -0.2) is 5.78 Å². The topological polar surface area (TPSA) is 43.1 Å². The highest BCUT2D eigenvalue weighted by Gasteiger charge is 2.36. The third-order valence-corrected chi connectivity index (χ3v) is 3.10. The molecule has 1 unspecified atom stereocenters. The van der Waals surface area contributed by atoms with Gasteiger partial charge in [0.05, 0.1) is 0 Å². The van der Waals surface area contributed by atoms with Gasteiger partial charge in [0.2, 0.25) is 0 Å². The molecule has 1 aliphatic rings. The lowest BCUT2D eigenvalue weighted by Crippen LogP contribution is -2.45. The Morgan fingerprint density at radius 1 is 1.31 bits per heavy atom.